The number of carbonyl (C=O) groups excluding carboxylic acids is 1. The summed E-state index contributed by atoms with van der Waals surface area (Å²) in [5.74, 6) is -0.108. The number of benzene rings is 1. The molecule has 0 aliphatic heterocycles. The van der Waals surface area contributed by atoms with Gasteiger partial charge < -0.3 is 10.6 Å². The van der Waals surface area contributed by atoms with Crippen LogP contribution >= 0.6 is 0 Å². The van der Waals surface area contributed by atoms with E-state index in [0.29, 0.717) is 12.1 Å². The first-order valence-corrected chi connectivity index (χ1v) is 8.48. The van der Waals surface area contributed by atoms with E-state index in [1.807, 2.05) is 48.1 Å². The van der Waals surface area contributed by atoms with Gasteiger partial charge >= 0.3 is 0 Å². The Morgan fingerprint density at radius 3 is 2.64 bits per heavy atom. The Morgan fingerprint density at radius 2 is 1.96 bits per heavy atom. The van der Waals surface area contributed by atoms with Crippen LogP contribution in [0.15, 0.2) is 42.6 Å². The van der Waals surface area contributed by atoms with Gasteiger partial charge in [-0.2, -0.15) is 5.10 Å². The fourth-order valence-corrected chi connectivity index (χ4v) is 2.74. The lowest BCUT2D eigenvalue weighted by Crippen LogP contribution is -2.30. The molecule has 1 aromatic carbocycles. The van der Waals surface area contributed by atoms with Crippen molar-refractivity contribution in [2.45, 2.75) is 19.9 Å². The van der Waals surface area contributed by atoms with Crippen LogP contribution in [0.3, 0.4) is 0 Å². The van der Waals surface area contributed by atoms with Gasteiger partial charge in [-0.1, -0.05) is 30.3 Å². The summed E-state index contributed by atoms with van der Waals surface area (Å²) in [6.07, 6.45) is 1.73. The number of likely N-dealkylation sites (N-methyl/N-ethyl adjacent to an activating group) is 1. The number of nitrogens with one attached hydrogen (secondary N) is 2. The van der Waals surface area contributed by atoms with Crippen LogP contribution in [0.5, 0.6) is 0 Å². The van der Waals surface area contributed by atoms with Crippen LogP contribution in [-0.4, -0.2) is 40.8 Å². The molecule has 2 heterocycles. The molecule has 3 aromatic rings. The Kier molecular flexibility index (Phi) is 5.09. The van der Waals surface area contributed by atoms with Crippen molar-refractivity contribution in [2.75, 3.05) is 20.1 Å². The lowest BCUT2D eigenvalue weighted by Gasteiger charge is -2.11. The van der Waals surface area contributed by atoms with E-state index in [9.17, 15) is 4.79 Å². The highest BCUT2D eigenvalue weighted by atomic mass is 16.1. The van der Waals surface area contributed by atoms with Crippen LogP contribution < -0.4 is 10.6 Å². The molecule has 0 bridgehead atoms. The van der Waals surface area contributed by atoms with Crippen molar-refractivity contribution in [1.82, 2.24) is 25.4 Å². The predicted molar refractivity (Wildman–Crippen MR) is 99.6 cm³/mol. The van der Waals surface area contributed by atoms with E-state index in [-0.39, 0.29) is 11.9 Å². The molecule has 25 heavy (non-hydrogen) atoms. The molecule has 0 aliphatic carbocycles. The maximum absolute atomic E-state index is 12.7. The molecule has 0 radical (unpaired) electrons. The number of nitrogens with zero attached hydrogens (tertiary/aromatic N) is 3. The number of fused-ring (bicyclic) bond motifs is 1. The fourth-order valence-electron chi connectivity index (χ4n) is 2.74. The maximum Gasteiger partial charge on any atom is 0.252 e. The number of aromatic nitrogens is 3. The van der Waals surface area contributed by atoms with Crippen molar-refractivity contribution in [3.8, 4) is 11.3 Å². The number of amides is 1. The Labute approximate surface area is 147 Å². The molecule has 0 aliphatic rings. The van der Waals surface area contributed by atoms with E-state index in [1.165, 1.54) is 0 Å². The molecular weight excluding hydrogens is 314 g/mol. The van der Waals surface area contributed by atoms with Crippen LogP contribution in [0.1, 0.15) is 30.2 Å². The van der Waals surface area contributed by atoms with Crippen molar-refractivity contribution in [2.24, 2.45) is 0 Å². The smallest absolute Gasteiger partial charge is 0.252 e. The summed E-state index contributed by atoms with van der Waals surface area (Å²) < 4.78 is 1.85. The average Bonchev–Trinajstić information content (AvgIpc) is 3.06. The first kappa shape index (κ1) is 17.1. The van der Waals surface area contributed by atoms with Crippen LogP contribution in [-0.2, 0) is 0 Å². The van der Waals surface area contributed by atoms with Crippen LogP contribution in [0.2, 0.25) is 0 Å². The molecule has 0 spiro atoms. The topological polar surface area (TPSA) is 71.8 Å². The molecule has 0 atom stereocenters. The Morgan fingerprint density at radius 1 is 1.20 bits per heavy atom. The molecule has 0 unspecified atom stereocenters. The van der Waals surface area contributed by atoms with Crippen LogP contribution in [0.4, 0.5) is 0 Å². The van der Waals surface area contributed by atoms with Crippen molar-refractivity contribution >= 4 is 16.9 Å². The largest absolute Gasteiger partial charge is 0.351 e. The Balaban J connectivity index is 2.12. The van der Waals surface area contributed by atoms with Gasteiger partial charge in [0.25, 0.3) is 5.91 Å². The highest BCUT2D eigenvalue weighted by Crippen LogP contribution is 2.26. The second-order valence-electron chi connectivity index (χ2n) is 6.20. The first-order valence-electron chi connectivity index (χ1n) is 8.48. The number of carbonyl (C=O) groups is 1. The molecule has 1 amide bonds. The lowest BCUT2D eigenvalue weighted by atomic mass is 10.1. The average molecular weight is 337 g/mol. The normalized spacial score (nSPS) is 11.2. The minimum Gasteiger partial charge on any atom is -0.351 e. The molecular formula is C19H23N5O. The standard InChI is InChI=1S/C19H23N5O/c1-13(2)24-18-16(12-22-24)15(19(25)21-10-9-20-3)11-17(23-18)14-7-5-4-6-8-14/h4-8,11-13,20H,9-10H2,1-3H3,(H,21,25). The summed E-state index contributed by atoms with van der Waals surface area (Å²) >= 11 is 0. The third kappa shape index (κ3) is 3.53. The Hall–Kier alpha value is -2.73. The summed E-state index contributed by atoms with van der Waals surface area (Å²) in [7, 11) is 1.86. The molecule has 0 fully saturated rings. The number of hydrogen-bond acceptors (Lipinski definition) is 4. The third-order valence-corrected chi connectivity index (χ3v) is 4.03. The van der Waals surface area contributed by atoms with Crippen molar-refractivity contribution in [1.29, 1.82) is 0 Å². The number of rotatable bonds is 6. The van der Waals surface area contributed by atoms with Gasteiger partial charge in [-0.15, -0.1) is 0 Å². The zero-order chi connectivity index (χ0) is 17.8. The lowest BCUT2D eigenvalue weighted by molar-refractivity contribution is 0.0955. The zero-order valence-corrected chi connectivity index (χ0v) is 14.8. The van der Waals surface area contributed by atoms with Gasteiger partial charge in [-0.25, -0.2) is 9.67 Å². The fraction of sp³-hybridized carbons (Fsp3) is 0.316. The van der Waals surface area contributed by atoms with Gasteiger partial charge in [0.1, 0.15) is 0 Å². The number of hydrogen-bond donors (Lipinski definition) is 2. The van der Waals surface area contributed by atoms with Crippen molar-refractivity contribution in [3.63, 3.8) is 0 Å². The van der Waals surface area contributed by atoms with E-state index in [4.69, 9.17) is 4.98 Å². The second-order valence-corrected chi connectivity index (χ2v) is 6.20. The molecule has 6 heteroatoms. The predicted octanol–water partition coefficient (Wildman–Crippen LogP) is 2.63. The summed E-state index contributed by atoms with van der Waals surface area (Å²) in [5.41, 5.74) is 3.08. The van der Waals surface area contributed by atoms with Gasteiger partial charge in [-0.05, 0) is 27.0 Å². The summed E-state index contributed by atoms with van der Waals surface area (Å²) in [5, 5.41) is 11.2. The molecule has 3 rings (SSSR count). The van der Waals surface area contributed by atoms with Crippen molar-refractivity contribution in [3.05, 3.63) is 48.2 Å². The van der Waals surface area contributed by atoms with Gasteiger partial charge in [0.2, 0.25) is 0 Å². The summed E-state index contributed by atoms with van der Waals surface area (Å²) in [6, 6.07) is 11.9. The van der Waals surface area contributed by atoms with Gasteiger partial charge in [0, 0.05) is 24.7 Å². The molecule has 130 valence electrons. The summed E-state index contributed by atoms with van der Waals surface area (Å²) in [6.45, 7) is 5.39. The van der Waals surface area contributed by atoms with E-state index >= 15 is 0 Å². The van der Waals surface area contributed by atoms with E-state index in [2.05, 4.69) is 29.6 Å². The Bertz CT molecular complexity index is 870. The van der Waals surface area contributed by atoms with Crippen LogP contribution in [0.25, 0.3) is 22.3 Å². The van der Waals surface area contributed by atoms with Gasteiger partial charge in [-0.3, -0.25) is 4.79 Å². The van der Waals surface area contributed by atoms with Gasteiger partial charge in [0.05, 0.1) is 22.8 Å². The third-order valence-electron chi connectivity index (χ3n) is 4.03. The minimum atomic E-state index is -0.108. The van der Waals surface area contributed by atoms with Crippen LogP contribution in [0, 0.1) is 0 Å². The summed E-state index contributed by atoms with van der Waals surface area (Å²) in [4.78, 5) is 17.5. The molecule has 0 saturated heterocycles. The quantitative estimate of drug-likeness (QED) is 0.678. The zero-order valence-electron chi connectivity index (χ0n) is 14.8. The molecule has 2 N–H and O–H groups in total. The molecule has 0 saturated carbocycles. The van der Waals surface area contributed by atoms with Crippen molar-refractivity contribution < 1.29 is 4.79 Å². The van der Waals surface area contributed by atoms with E-state index in [1.54, 1.807) is 6.20 Å². The van der Waals surface area contributed by atoms with Gasteiger partial charge in [0.15, 0.2) is 5.65 Å². The highest BCUT2D eigenvalue weighted by Gasteiger charge is 2.18. The SMILES string of the molecule is CNCCNC(=O)c1cc(-c2ccccc2)nc2c1cnn2C(C)C. The minimum absolute atomic E-state index is 0.108. The van der Waals surface area contributed by atoms with E-state index < -0.39 is 0 Å². The highest BCUT2D eigenvalue weighted by molar-refractivity contribution is 6.06. The maximum atomic E-state index is 12.7. The molecule has 2 aromatic heterocycles. The number of pyridine rings is 1. The first-order chi connectivity index (χ1) is 12.1. The second kappa shape index (κ2) is 7.44. The monoisotopic (exact) mass is 337 g/mol. The van der Waals surface area contributed by atoms with E-state index in [0.717, 1.165) is 28.8 Å². The molecule has 6 nitrogen and oxygen atoms in total.